The van der Waals surface area contributed by atoms with Crippen molar-refractivity contribution in [3.8, 4) is 5.75 Å². The minimum absolute atomic E-state index is 0.00702. The largest absolute Gasteiger partial charge is 0.505 e. The molecule has 4 N–H and O–H groups in total. The fourth-order valence-corrected chi connectivity index (χ4v) is 1.88. The van der Waals surface area contributed by atoms with Crippen LogP contribution in [0.5, 0.6) is 5.75 Å². The number of amides is 2. The molecule has 1 aromatic carbocycles. The molecule has 1 heterocycles. The van der Waals surface area contributed by atoms with E-state index in [0.717, 1.165) is 0 Å². The molecule has 2 rings (SSSR count). The summed E-state index contributed by atoms with van der Waals surface area (Å²) < 4.78 is 0. The SMILES string of the molecule is Nc1cccc(C(=O)N2CCCNC(=O)C2)c1O. The van der Waals surface area contributed by atoms with Crippen LogP contribution < -0.4 is 11.1 Å². The van der Waals surface area contributed by atoms with Crippen molar-refractivity contribution >= 4 is 17.5 Å². The number of phenolic OH excluding ortho intramolecular Hbond substituents is 1. The number of nitrogens with zero attached hydrogens (tertiary/aromatic N) is 1. The number of carbonyl (C=O) groups is 2. The molecular weight excluding hydrogens is 234 g/mol. The van der Waals surface area contributed by atoms with Crippen LogP contribution >= 0.6 is 0 Å². The van der Waals surface area contributed by atoms with Gasteiger partial charge in [0.2, 0.25) is 5.91 Å². The van der Waals surface area contributed by atoms with E-state index in [1.807, 2.05) is 0 Å². The minimum Gasteiger partial charge on any atom is -0.505 e. The standard InChI is InChI=1S/C12H15N3O3/c13-9-4-1-3-8(11(9)17)12(18)15-6-2-5-14-10(16)7-15/h1,3-4,17H,2,5-7,13H2,(H,14,16). The van der Waals surface area contributed by atoms with E-state index in [0.29, 0.717) is 19.5 Å². The number of rotatable bonds is 1. The van der Waals surface area contributed by atoms with E-state index in [-0.39, 0.29) is 35.4 Å². The molecular formula is C12H15N3O3. The minimum atomic E-state index is -0.378. The van der Waals surface area contributed by atoms with Gasteiger partial charge in [0, 0.05) is 13.1 Å². The van der Waals surface area contributed by atoms with Crippen molar-refractivity contribution in [2.24, 2.45) is 0 Å². The van der Waals surface area contributed by atoms with Gasteiger partial charge >= 0.3 is 0 Å². The third-order valence-corrected chi connectivity index (χ3v) is 2.85. The second kappa shape index (κ2) is 4.95. The maximum atomic E-state index is 12.2. The lowest BCUT2D eigenvalue weighted by Crippen LogP contribution is -2.37. The van der Waals surface area contributed by atoms with Crippen LogP contribution in [0.15, 0.2) is 18.2 Å². The summed E-state index contributed by atoms with van der Waals surface area (Å²) in [4.78, 5) is 25.0. The van der Waals surface area contributed by atoms with Gasteiger partial charge in [-0.1, -0.05) is 6.07 Å². The molecule has 1 aliphatic heterocycles. The number of phenols is 1. The Kier molecular flexibility index (Phi) is 3.36. The number of anilines is 1. The Bertz CT molecular complexity index is 487. The highest BCUT2D eigenvalue weighted by molar-refractivity contribution is 6.00. The van der Waals surface area contributed by atoms with Gasteiger partial charge in [-0.25, -0.2) is 0 Å². The number of nitrogens with one attached hydrogen (secondary N) is 1. The van der Waals surface area contributed by atoms with Gasteiger partial charge in [0.15, 0.2) is 5.75 Å². The molecule has 0 spiro atoms. The fourth-order valence-electron chi connectivity index (χ4n) is 1.88. The molecule has 1 fully saturated rings. The van der Waals surface area contributed by atoms with Crippen molar-refractivity contribution < 1.29 is 14.7 Å². The molecule has 1 aromatic rings. The van der Waals surface area contributed by atoms with E-state index in [1.54, 1.807) is 6.07 Å². The highest BCUT2D eigenvalue weighted by Gasteiger charge is 2.23. The maximum absolute atomic E-state index is 12.2. The Labute approximate surface area is 104 Å². The summed E-state index contributed by atoms with van der Waals surface area (Å²) in [5.41, 5.74) is 5.83. The first-order valence-corrected chi connectivity index (χ1v) is 5.73. The molecule has 1 saturated heterocycles. The fraction of sp³-hybridized carbons (Fsp3) is 0.333. The predicted octanol–water partition coefficient (Wildman–Crippen LogP) is -0.0635. The molecule has 18 heavy (non-hydrogen) atoms. The maximum Gasteiger partial charge on any atom is 0.258 e. The van der Waals surface area contributed by atoms with Gasteiger partial charge in [-0.3, -0.25) is 9.59 Å². The molecule has 6 heteroatoms. The van der Waals surface area contributed by atoms with Crippen LogP contribution in [0.3, 0.4) is 0 Å². The van der Waals surface area contributed by atoms with Gasteiger partial charge in [-0.15, -0.1) is 0 Å². The molecule has 0 aliphatic carbocycles. The second-order valence-corrected chi connectivity index (χ2v) is 4.17. The lowest BCUT2D eigenvalue weighted by Gasteiger charge is -2.19. The van der Waals surface area contributed by atoms with Crippen molar-refractivity contribution in [1.29, 1.82) is 0 Å². The zero-order chi connectivity index (χ0) is 13.1. The first-order valence-electron chi connectivity index (χ1n) is 5.73. The van der Waals surface area contributed by atoms with Crippen LogP contribution in [-0.4, -0.2) is 41.5 Å². The van der Waals surface area contributed by atoms with Crippen molar-refractivity contribution in [1.82, 2.24) is 10.2 Å². The molecule has 1 aliphatic rings. The van der Waals surface area contributed by atoms with Gasteiger partial charge < -0.3 is 21.1 Å². The lowest BCUT2D eigenvalue weighted by atomic mass is 10.1. The number of carbonyl (C=O) groups excluding carboxylic acids is 2. The first-order chi connectivity index (χ1) is 8.59. The Morgan fingerprint density at radius 3 is 3.00 bits per heavy atom. The Hall–Kier alpha value is -2.24. The van der Waals surface area contributed by atoms with Crippen molar-refractivity contribution in [3.05, 3.63) is 23.8 Å². The van der Waals surface area contributed by atoms with Crippen LogP contribution in [0.4, 0.5) is 5.69 Å². The molecule has 0 radical (unpaired) electrons. The quantitative estimate of drug-likeness (QED) is 0.480. The van der Waals surface area contributed by atoms with Crippen LogP contribution in [0, 0.1) is 0 Å². The molecule has 0 saturated carbocycles. The van der Waals surface area contributed by atoms with E-state index in [1.165, 1.54) is 17.0 Å². The molecule has 6 nitrogen and oxygen atoms in total. The zero-order valence-electron chi connectivity index (χ0n) is 9.85. The number of benzene rings is 1. The number of nitrogen functional groups attached to an aromatic ring is 1. The molecule has 0 bridgehead atoms. The van der Waals surface area contributed by atoms with Gasteiger partial charge in [-0.05, 0) is 18.6 Å². The smallest absolute Gasteiger partial charge is 0.258 e. The summed E-state index contributed by atoms with van der Waals surface area (Å²) in [7, 11) is 0. The second-order valence-electron chi connectivity index (χ2n) is 4.17. The predicted molar refractivity (Wildman–Crippen MR) is 66.0 cm³/mol. The van der Waals surface area contributed by atoms with E-state index in [2.05, 4.69) is 5.32 Å². The molecule has 0 aromatic heterocycles. The summed E-state index contributed by atoms with van der Waals surface area (Å²) in [5, 5.41) is 12.4. The first kappa shape index (κ1) is 12.2. The van der Waals surface area contributed by atoms with E-state index in [9.17, 15) is 14.7 Å². The zero-order valence-corrected chi connectivity index (χ0v) is 9.85. The Balaban J connectivity index is 2.24. The molecule has 2 amide bonds. The van der Waals surface area contributed by atoms with Gasteiger partial charge in [0.25, 0.3) is 5.91 Å². The van der Waals surface area contributed by atoms with Gasteiger partial charge in [0.05, 0.1) is 17.8 Å². The number of nitrogens with two attached hydrogens (primary N) is 1. The van der Waals surface area contributed by atoms with Gasteiger partial charge in [0.1, 0.15) is 0 Å². The monoisotopic (exact) mass is 249 g/mol. The van der Waals surface area contributed by atoms with Crippen molar-refractivity contribution in [2.75, 3.05) is 25.4 Å². The normalized spacial score (nSPS) is 16.0. The molecule has 96 valence electrons. The summed E-state index contributed by atoms with van der Waals surface area (Å²) in [6.07, 6.45) is 0.695. The highest BCUT2D eigenvalue weighted by atomic mass is 16.3. The lowest BCUT2D eigenvalue weighted by molar-refractivity contribution is -0.121. The Morgan fingerprint density at radius 1 is 1.44 bits per heavy atom. The Morgan fingerprint density at radius 2 is 2.22 bits per heavy atom. The number of hydrogen-bond donors (Lipinski definition) is 3. The van der Waals surface area contributed by atoms with E-state index >= 15 is 0 Å². The molecule has 0 unspecified atom stereocenters. The number of hydrogen-bond acceptors (Lipinski definition) is 4. The molecule has 0 atom stereocenters. The average Bonchev–Trinajstić information content (AvgIpc) is 2.56. The van der Waals surface area contributed by atoms with Crippen LogP contribution in [0.2, 0.25) is 0 Å². The van der Waals surface area contributed by atoms with Crippen LogP contribution in [-0.2, 0) is 4.79 Å². The van der Waals surface area contributed by atoms with Crippen LogP contribution in [0.25, 0.3) is 0 Å². The average molecular weight is 249 g/mol. The summed E-state index contributed by atoms with van der Waals surface area (Å²) in [6.45, 7) is 1.05. The third kappa shape index (κ3) is 2.37. The van der Waals surface area contributed by atoms with Crippen molar-refractivity contribution in [2.45, 2.75) is 6.42 Å². The summed E-state index contributed by atoms with van der Waals surface area (Å²) in [5.74, 6) is -0.798. The number of aromatic hydroxyl groups is 1. The number of para-hydroxylation sites is 1. The highest BCUT2D eigenvalue weighted by Crippen LogP contribution is 2.25. The van der Waals surface area contributed by atoms with E-state index < -0.39 is 0 Å². The third-order valence-electron chi connectivity index (χ3n) is 2.85. The topological polar surface area (TPSA) is 95.7 Å². The van der Waals surface area contributed by atoms with E-state index in [4.69, 9.17) is 5.73 Å². The summed E-state index contributed by atoms with van der Waals surface area (Å²) >= 11 is 0. The van der Waals surface area contributed by atoms with Gasteiger partial charge in [-0.2, -0.15) is 0 Å². The van der Waals surface area contributed by atoms with Crippen LogP contribution in [0.1, 0.15) is 16.8 Å². The van der Waals surface area contributed by atoms with Crippen molar-refractivity contribution in [3.63, 3.8) is 0 Å². The summed E-state index contributed by atoms with van der Waals surface area (Å²) in [6, 6.07) is 4.61.